The number of amides is 1. The molecule has 0 unspecified atom stereocenters. The second kappa shape index (κ2) is 8.47. The van der Waals surface area contributed by atoms with Gasteiger partial charge < -0.3 is 9.88 Å². The number of rotatable bonds is 6. The Morgan fingerprint density at radius 1 is 1.39 bits per heavy atom. The average molecular weight is 430 g/mol. The zero-order chi connectivity index (χ0) is 19.5. The highest BCUT2D eigenvalue weighted by atomic mass is 32.2. The first-order valence-electron chi connectivity index (χ1n) is 9.03. The standard InChI is InChI=1S/C19H19N5OS3/c1-24-16(9-12-5-4-8-26-12)22-23-19(24)27-11-17(25)21-18-14(10-20)13-6-2-3-7-15(13)28-18/h4-5,8H,2-3,6-7,9,11H2,1H3,(H,21,25). The monoisotopic (exact) mass is 429 g/mol. The number of thiophene rings is 2. The van der Waals surface area contributed by atoms with Crippen molar-refractivity contribution in [1.82, 2.24) is 14.8 Å². The molecule has 144 valence electrons. The van der Waals surface area contributed by atoms with Gasteiger partial charge in [-0.1, -0.05) is 17.8 Å². The van der Waals surface area contributed by atoms with Crippen LogP contribution in [0.3, 0.4) is 0 Å². The summed E-state index contributed by atoms with van der Waals surface area (Å²) < 4.78 is 1.93. The van der Waals surface area contributed by atoms with Crippen molar-refractivity contribution in [2.24, 2.45) is 7.05 Å². The van der Waals surface area contributed by atoms with E-state index in [2.05, 4.69) is 27.6 Å². The molecule has 3 aromatic rings. The second-order valence-electron chi connectivity index (χ2n) is 6.58. The van der Waals surface area contributed by atoms with Gasteiger partial charge in [-0.2, -0.15) is 5.26 Å². The first-order chi connectivity index (χ1) is 13.7. The molecule has 0 radical (unpaired) electrons. The summed E-state index contributed by atoms with van der Waals surface area (Å²) in [5.41, 5.74) is 1.78. The number of nitriles is 1. The Kier molecular flexibility index (Phi) is 5.80. The Labute approximate surface area is 175 Å². The van der Waals surface area contributed by atoms with E-state index in [9.17, 15) is 10.1 Å². The van der Waals surface area contributed by atoms with Crippen LogP contribution in [0.5, 0.6) is 0 Å². The van der Waals surface area contributed by atoms with Crippen molar-refractivity contribution < 1.29 is 4.79 Å². The molecule has 0 fully saturated rings. The maximum atomic E-state index is 12.5. The fraction of sp³-hybridized carbons (Fsp3) is 0.368. The third kappa shape index (κ3) is 3.99. The Morgan fingerprint density at radius 3 is 3.04 bits per heavy atom. The summed E-state index contributed by atoms with van der Waals surface area (Å²) in [6.07, 6.45) is 4.94. The van der Waals surface area contributed by atoms with Gasteiger partial charge in [0.1, 0.15) is 16.9 Å². The highest BCUT2D eigenvalue weighted by molar-refractivity contribution is 7.99. The lowest BCUT2D eigenvalue weighted by Crippen LogP contribution is -2.14. The highest BCUT2D eigenvalue weighted by Crippen LogP contribution is 2.37. The predicted molar refractivity (Wildman–Crippen MR) is 113 cm³/mol. The number of aromatic nitrogens is 3. The molecular weight excluding hydrogens is 410 g/mol. The van der Waals surface area contributed by atoms with Gasteiger partial charge in [-0.25, -0.2) is 0 Å². The molecule has 6 nitrogen and oxygen atoms in total. The van der Waals surface area contributed by atoms with E-state index in [1.807, 2.05) is 23.1 Å². The van der Waals surface area contributed by atoms with E-state index in [0.29, 0.717) is 15.7 Å². The number of anilines is 1. The number of nitrogens with zero attached hydrogens (tertiary/aromatic N) is 4. The zero-order valence-corrected chi connectivity index (χ0v) is 17.8. The molecule has 1 aliphatic rings. The molecule has 4 rings (SSSR count). The van der Waals surface area contributed by atoms with Crippen molar-refractivity contribution in [3.63, 3.8) is 0 Å². The summed E-state index contributed by atoms with van der Waals surface area (Å²) >= 11 is 4.60. The normalized spacial score (nSPS) is 13.1. The van der Waals surface area contributed by atoms with E-state index in [4.69, 9.17) is 0 Å². The topological polar surface area (TPSA) is 83.6 Å². The van der Waals surface area contributed by atoms with Gasteiger partial charge >= 0.3 is 0 Å². The molecule has 0 spiro atoms. The van der Waals surface area contributed by atoms with Crippen LogP contribution >= 0.6 is 34.4 Å². The lowest BCUT2D eigenvalue weighted by molar-refractivity contribution is -0.113. The van der Waals surface area contributed by atoms with Crippen molar-refractivity contribution in [2.45, 2.75) is 37.3 Å². The molecule has 3 aromatic heterocycles. The van der Waals surface area contributed by atoms with Crippen LogP contribution in [0.25, 0.3) is 0 Å². The van der Waals surface area contributed by atoms with Gasteiger partial charge in [-0.3, -0.25) is 4.79 Å². The van der Waals surface area contributed by atoms with Crippen LogP contribution in [0.2, 0.25) is 0 Å². The van der Waals surface area contributed by atoms with Gasteiger partial charge in [-0.15, -0.1) is 32.9 Å². The SMILES string of the molecule is Cn1c(Cc2cccs2)nnc1SCC(=O)Nc1sc2c(c1C#N)CCCC2. The van der Waals surface area contributed by atoms with Crippen LogP contribution in [0, 0.1) is 11.3 Å². The van der Waals surface area contributed by atoms with E-state index in [0.717, 1.165) is 43.5 Å². The van der Waals surface area contributed by atoms with Crippen molar-refractivity contribution >= 4 is 45.3 Å². The fourth-order valence-corrected chi connectivity index (χ4v) is 5.95. The lowest BCUT2D eigenvalue weighted by Gasteiger charge is -2.09. The molecule has 0 atom stereocenters. The van der Waals surface area contributed by atoms with Crippen LogP contribution in [0.4, 0.5) is 5.00 Å². The minimum Gasteiger partial charge on any atom is -0.316 e. The number of carbonyl (C=O) groups is 1. The van der Waals surface area contributed by atoms with E-state index in [1.54, 1.807) is 22.7 Å². The Hall–Kier alpha value is -2.15. The van der Waals surface area contributed by atoms with E-state index >= 15 is 0 Å². The fourth-order valence-electron chi connectivity index (χ4n) is 3.26. The number of fused-ring (bicyclic) bond motifs is 1. The van der Waals surface area contributed by atoms with E-state index in [-0.39, 0.29) is 11.7 Å². The van der Waals surface area contributed by atoms with Gasteiger partial charge in [0.05, 0.1) is 11.3 Å². The van der Waals surface area contributed by atoms with Crippen molar-refractivity contribution in [1.29, 1.82) is 5.26 Å². The molecule has 0 saturated heterocycles. The molecule has 3 heterocycles. The number of hydrogen-bond acceptors (Lipinski definition) is 7. The van der Waals surface area contributed by atoms with E-state index < -0.39 is 0 Å². The number of carbonyl (C=O) groups excluding carboxylic acids is 1. The van der Waals surface area contributed by atoms with Gasteiger partial charge in [0.2, 0.25) is 5.91 Å². The first kappa shape index (κ1) is 19.2. The maximum Gasteiger partial charge on any atom is 0.235 e. The molecule has 1 amide bonds. The average Bonchev–Trinajstić information content (AvgIpc) is 3.40. The van der Waals surface area contributed by atoms with Crippen LogP contribution in [0.1, 0.15) is 39.5 Å². The molecule has 0 bridgehead atoms. The number of thioether (sulfide) groups is 1. The molecule has 9 heteroatoms. The molecule has 0 aliphatic heterocycles. The van der Waals surface area contributed by atoms with Crippen molar-refractivity contribution in [3.05, 3.63) is 44.2 Å². The number of nitrogens with one attached hydrogen (secondary N) is 1. The molecule has 0 saturated carbocycles. The summed E-state index contributed by atoms with van der Waals surface area (Å²) in [6.45, 7) is 0. The van der Waals surface area contributed by atoms with Gasteiger partial charge in [0, 0.05) is 23.2 Å². The van der Waals surface area contributed by atoms with Crippen molar-refractivity contribution in [3.8, 4) is 6.07 Å². The minimum absolute atomic E-state index is 0.122. The molecule has 0 aromatic carbocycles. The number of hydrogen-bond donors (Lipinski definition) is 1. The Morgan fingerprint density at radius 2 is 2.25 bits per heavy atom. The smallest absolute Gasteiger partial charge is 0.235 e. The van der Waals surface area contributed by atoms with Crippen LogP contribution < -0.4 is 5.32 Å². The third-order valence-corrected chi connectivity index (χ3v) is 7.81. The van der Waals surface area contributed by atoms with Gasteiger partial charge in [0.25, 0.3) is 0 Å². The second-order valence-corrected chi connectivity index (χ2v) is 9.66. The quantitative estimate of drug-likeness (QED) is 0.599. The lowest BCUT2D eigenvalue weighted by atomic mass is 9.96. The molecular formula is C19H19N5OS3. The summed E-state index contributed by atoms with van der Waals surface area (Å²) in [7, 11) is 1.92. The zero-order valence-electron chi connectivity index (χ0n) is 15.4. The van der Waals surface area contributed by atoms with Gasteiger partial charge in [-0.05, 0) is 42.7 Å². The predicted octanol–water partition coefficient (Wildman–Crippen LogP) is 4.01. The summed E-state index contributed by atoms with van der Waals surface area (Å²) in [5.74, 6) is 0.990. The third-order valence-electron chi connectivity index (χ3n) is 4.71. The number of aryl methyl sites for hydroxylation is 1. The van der Waals surface area contributed by atoms with Crippen LogP contribution in [-0.4, -0.2) is 26.4 Å². The Bertz CT molecular complexity index is 1030. The van der Waals surface area contributed by atoms with E-state index in [1.165, 1.54) is 21.5 Å². The first-order valence-corrected chi connectivity index (χ1v) is 11.7. The summed E-state index contributed by atoms with van der Waals surface area (Å²) in [4.78, 5) is 14.9. The van der Waals surface area contributed by atoms with Crippen molar-refractivity contribution in [2.75, 3.05) is 11.1 Å². The summed E-state index contributed by atoms with van der Waals surface area (Å²) in [5, 5.41) is 24.4. The maximum absolute atomic E-state index is 12.5. The minimum atomic E-state index is -0.122. The van der Waals surface area contributed by atoms with Gasteiger partial charge in [0.15, 0.2) is 5.16 Å². The Balaban J connectivity index is 1.38. The molecule has 1 N–H and O–H groups in total. The van der Waals surface area contributed by atoms with Crippen LogP contribution in [0.15, 0.2) is 22.7 Å². The molecule has 1 aliphatic carbocycles. The van der Waals surface area contributed by atoms with Crippen LogP contribution in [-0.2, 0) is 31.1 Å². The molecule has 28 heavy (non-hydrogen) atoms. The summed E-state index contributed by atoms with van der Waals surface area (Å²) in [6, 6.07) is 6.38. The highest BCUT2D eigenvalue weighted by Gasteiger charge is 2.22. The largest absolute Gasteiger partial charge is 0.316 e.